The second-order valence-corrected chi connectivity index (χ2v) is 5.13. The third kappa shape index (κ3) is 3.85. The van der Waals surface area contributed by atoms with E-state index in [4.69, 9.17) is 5.73 Å². The van der Waals surface area contributed by atoms with Crippen molar-refractivity contribution in [2.45, 2.75) is 20.4 Å². The maximum atomic E-state index is 12.0. The minimum atomic E-state index is -0.525. The van der Waals surface area contributed by atoms with Crippen LogP contribution in [0.1, 0.15) is 27.0 Å². The number of carbonyl (C=O) groups is 2. The van der Waals surface area contributed by atoms with E-state index >= 15 is 0 Å². The second kappa shape index (κ2) is 6.76. The first-order chi connectivity index (χ1) is 10.5. The van der Waals surface area contributed by atoms with Crippen molar-refractivity contribution in [3.8, 4) is 0 Å². The number of nitrogens with two attached hydrogens (primary N) is 1. The van der Waals surface area contributed by atoms with Crippen LogP contribution in [0.25, 0.3) is 0 Å². The van der Waals surface area contributed by atoms with Crippen molar-refractivity contribution in [1.82, 2.24) is 5.32 Å². The van der Waals surface area contributed by atoms with Crippen LogP contribution < -0.4 is 16.4 Å². The summed E-state index contributed by atoms with van der Waals surface area (Å²) in [4.78, 5) is 23.2. The lowest BCUT2D eigenvalue weighted by atomic mass is 10.1. The van der Waals surface area contributed by atoms with Gasteiger partial charge in [-0.15, -0.1) is 0 Å². The van der Waals surface area contributed by atoms with E-state index in [1.807, 2.05) is 38.1 Å². The summed E-state index contributed by atoms with van der Waals surface area (Å²) < 4.78 is 0. The number of hydrogen-bond donors (Lipinski definition) is 3. The van der Waals surface area contributed by atoms with Crippen LogP contribution in [-0.4, -0.2) is 11.9 Å². The largest absolute Gasteiger partial charge is 0.366 e. The van der Waals surface area contributed by atoms with Crippen LogP contribution in [0.15, 0.2) is 42.5 Å². The van der Waals surface area contributed by atoms with Crippen molar-refractivity contribution in [2.75, 3.05) is 5.32 Å². The first-order valence-electron chi connectivity index (χ1n) is 6.97. The fraction of sp³-hybridized carbons (Fsp3) is 0.176. The van der Waals surface area contributed by atoms with Gasteiger partial charge in [-0.3, -0.25) is 4.79 Å². The van der Waals surface area contributed by atoms with Crippen molar-refractivity contribution in [2.24, 2.45) is 5.73 Å². The Bertz CT molecular complexity index is 711. The van der Waals surface area contributed by atoms with E-state index in [-0.39, 0.29) is 6.03 Å². The third-order valence-corrected chi connectivity index (χ3v) is 3.47. The lowest BCUT2D eigenvalue weighted by Crippen LogP contribution is -2.29. The van der Waals surface area contributed by atoms with Gasteiger partial charge < -0.3 is 16.4 Å². The molecule has 0 aliphatic heterocycles. The molecule has 0 radical (unpaired) electrons. The molecule has 22 heavy (non-hydrogen) atoms. The molecule has 0 aromatic heterocycles. The molecule has 0 unspecified atom stereocenters. The van der Waals surface area contributed by atoms with E-state index in [0.29, 0.717) is 17.8 Å². The third-order valence-electron chi connectivity index (χ3n) is 3.47. The van der Waals surface area contributed by atoms with Gasteiger partial charge in [0.1, 0.15) is 0 Å². The first-order valence-corrected chi connectivity index (χ1v) is 6.97. The highest BCUT2D eigenvalue weighted by Crippen LogP contribution is 2.16. The number of anilines is 1. The Kier molecular flexibility index (Phi) is 4.78. The Morgan fingerprint density at radius 2 is 1.77 bits per heavy atom. The normalized spacial score (nSPS) is 10.1. The molecular formula is C17H19N3O2. The molecule has 3 amide bonds. The van der Waals surface area contributed by atoms with Gasteiger partial charge in [-0.05, 0) is 42.7 Å². The van der Waals surface area contributed by atoms with Gasteiger partial charge in [0.05, 0.1) is 0 Å². The van der Waals surface area contributed by atoms with Crippen molar-refractivity contribution in [3.05, 3.63) is 64.7 Å². The summed E-state index contributed by atoms with van der Waals surface area (Å²) in [5.41, 5.74) is 9.21. The standard InChI is InChI=1S/C17H19N3O2/c1-11-5-3-4-6-14(11)10-19-17(22)20-15-9-13(16(18)21)8-7-12(15)2/h3-9H,10H2,1-2H3,(H2,18,21)(H2,19,20,22). The topological polar surface area (TPSA) is 84.2 Å². The Hall–Kier alpha value is -2.82. The number of amides is 3. The molecule has 0 atom stereocenters. The van der Waals surface area contributed by atoms with Crippen molar-refractivity contribution >= 4 is 17.6 Å². The maximum absolute atomic E-state index is 12.0. The summed E-state index contributed by atoms with van der Waals surface area (Å²) in [7, 11) is 0. The van der Waals surface area contributed by atoms with Crippen molar-refractivity contribution in [1.29, 1.82) is 0 Å². The molecule has 0 saturated carbocycles. The Morgan fingerprint density at radius 3 is 2.45 bits per heavy atom. The molecule has 0 aliphatic rings. The van der Waals surface area contributed by atoms with Crippen LogP contribution in [-0.2, 0) is 6.54 Å². The molecule has 0 aliphatic carbocycles. The zero-order valence-electron chi connectivity index (χ0n) is 12.6. The molecule has 0 spiro atoms. The number of urea groups is 1. The van der Waals surface area contributed by atoms with Gasteiger partial charge >= 0.3 is 6.03 Å². The number of primary amides is 1. The predicted molar refractivity (Wildman–Crippen MR) is 86.7 cm³/mol. The Labute approximate surface area is 129 Å². The molecule has 0 saturated heterocycles. The van der Waals surface area contributed by atoms with E-state index in [2.05, 4.69) is 10.6 Å². The van der Waals surface area contributed by atoms with Crippen LogP contribution >= 0.6 is 0 Å². The highest BCUT2D eigenvalue weighted by Gasteiger charge is 2.08. The summed E-state index contributed by atoms with van der Waals surface area (Å²) in [6, 6.07) is 12.5. The highest BCUT2D eigenvalue weighted by atomic mass is 16.2. The van der Waals surface area contributed by atoms with E-state index in [0.717, 1.165) is 16.7 Å². The summed E-state index contributed by atoms with van der Waals surface area (Å²) in [5.74, 6) is -0.525. The van der Waals surface area contributed by atoms with Crippen LogP contribution in [0.5, 0.6) is 0 Å². The SMILES string of the molecule is Cc1ccccc1CNC(=O)Nc1cc(C(N)=O)ccc1C. The van der Waals surface area contributed by atoms with Crippen molar-refractivity contribution < 1.29 is 9.59 Å². The number of aryl methyl sites for hydroxylation is 2. The quantitative estimate of drug-likeness (QED) is 0.810. The summed E-state index contributed by atoms with van der Waals surface area (Å²) in [5, 5.41) is 5.54. The van der Waals surface area contributed by atoms with Crippen molar-refractivity contribution in [3.63, 3.8) is 0 Å². The molecule has 2 rings (SSSR count). The molecule has 2 aromatic carbocycles. The Morgan fingerprint density at radius 1 is 1.05 bits per heavy atom. The van der Waals surface area contributed by atoms with Crippen LogP contribution in [0, 0.1) is 13.8 Å². The number of benzene rings is 2. The summed E-state index contributed by atoms with van der Waals surface area (Å²) in [6.07, 6.45) is 0. The van der Waals surface area contributed by atoms with Gasteiger partial charge in [0.2, 0.25) is 5.91 Å². The molecule has 0 bridgehead atoms. The molecule has 4 N–H and O–H groups in total. The fourth-order valence-corrected chi connectivity index (χ4v) is 2.06. The van der Waals surface area contributed by atoms with Crippen LogP contribution in [0.3, 0.4) is 0 Å². The molecule has 2 aromatic rings. The second-order valence-electron chi connectivity index (χ2n) is 5.13. The zero-order valence-corrected chi connectivity index (χ0v) is 12.6. The summed E-state index contributed by atoms with van der Waals surface area (Å²) in [6.45, 7) is 4.28. The Balaban J connectivity index is 2.02. The average Bonchev–Trinajstić information content (AvgIpc) is 2.48. The maximum Gasteiger partial charge on any atom is 0.319 e. The minimum absolute atomic E-state index is 0.326. The van der Waals surface area contributed by atoms with E-state index < -0.39 is 5.91 Å². The van der Waals surface area contributed by atoms with Gasteiger partial charge in [0, 0.05) is 17.8 Å². The lowest BCUT2D eigenvalue weighted by Gasteiger charge is -2.12. The number of carbonyl (C=O) groups excluding carboxylic acids is 2. The average molecular weight is 297 g/mol. The molecule has 0 heterocycles. The lowest BCUT2D eigenvalue weighted by molar-refractivity contribution is 0.100. The summed E-state index contributed by atoms with van der Waals surface area (Å²) >= 11 is 0. The minimum Gasteiger partial charge on any atom is -0.366 e. The van der Waals surface area contributed by atoms with Gasteiger partial charge in [-0.25, -0.2) is 4.79 Å². The fourth-order valence-electron chi connectivity index (χ4n) is 2.06. The van der Waals surface area contributed by atoms with Gasteiger partial charge in [-0.1, -0.05) is 30.3 Å². The zero-order chi connectivity index (χ0) is 16.1. The molecule has 5 nitrogen and oxygen atoms in total. The number of rotatable bonds is 4. The van der Waals surface area contributed by atoms with Crippen LogP contribution in [0.4, 0.5) is 10.5 Å². The number of hydrogen-bond acceptors (Lipinski definition) is 2. The van der Waals surface area contributed by atoms with E-state index in [9.17, 15) is 9.59 Å². The molecule has 0 fully saturated rings. The van der Waals surface area contributed by atoms with Crippen LogP contribution in [0.2, 0.25) is 0 Å². The van der Waals surface area contributed by atoms with Gasteiger partial charge in [0.15, 0.2) is 0 Å². The predicted octanol–water partition coefficient (Wildman–Crippen LogP) is 2.72. The van der Waals surface area contributed by atoms with E-state index in [1.54, 1.807) is 18.2 Å². The molecule has 5 heteroatoms. The van der Waals surface area contributed by atoms with Gasteiger partial charge in [0.25, 0.3) is 0 Å². The monoisotopic (exact) mass is 297 g/mol. The first kappa shape index (κ1) is 15.6. The molecular weight excluding hydrogens is 278 g/mol. The van der Waals surface area contributed by atoms with Gasteiger partial charge in [-0.2, -0.15) is 0 Å². The van der Waals surface area contributed by atoms with E-state index in [1.165, 1.54) is 0 Å². The highest BCUT2D eigenvalue weighted by molar-refractivity contribution is 5.96. The molecule has 114 valence electrons. The smallest absolute Gasteiger partial charge is 0.319 e. The number of nitrogens with one attached hydrogen (secondary N) is 2.